The summed E-state index contributed by atoms with van der Waals surface area (Å²) >= 11 is 0. The van der Waals surface area contributed by atoms with Crippen LogP contribution in [0.1, 0.15) is 29.2 Å². The minimum absolute atomic E-state index is 0.000628. The van der Waals surface area contributed by atoms with Crippen LogP contribution in [0, 0.1) is 0 Å². The van der Waals surface area contributed by atoms with Crippen molar-refractivity contribution in [2.75, 3.05) is 31.5 Å². The minimum Gasteiger partial charge on any atom is -0.368 e. The van der Waals surface area contributed by atoms with E-state index < -0.39 is 0 Å². The van der Waals surface area contributed by atoms with E-state index in [0.717, 1.165) is 30.8 Å². The van der Waals surface area contributed by atoms with Crippen molar-refractivity contribution >= 4 is 17.6 Å². The van der Waals surface area contributed by atoms with Crippen molar-refractivity contribution in [3.8, 4) is 0 Å². The van der Waals surface area contributed by atoms with Crippen molar-refractivity contribution in [1.82, 2.24) is 25.2 Å². The van der Waals surface area contributed by atoms with Crippen LogP contribution in [0.25, 0.3) is 0 Å². The normalized spacial score (nSPS) is 16.2. The molecular weight excluding hydrogens is 332 g/mol. The molecule has 0 saturated carbocycles. The largest absolute Gasteiger partial charge is 0.368 e. The van der Waals surface area contributed by atoms with Gasteiger partial charge in [-0.15, -0.1) is 0 Å². The fraction of sp³-hybridized carbons (Fsp3) is 0.389. The van der Waals surface area contributed by atoms with Gasteiger partial charge in [0.1, 0.15) is 5.82 Å². The standard InChI is InChI=1S/C18H22N6O2/c25-16-13-24(18(26)17-21-8-4-9-22-17)12-2-1-5-14-6-3-7-15(23-14)19-10-11-20-16/h3-4,6-9H,1-2,5,10-13H2,(H,19,23)(H,20,25). The van der Waals surface area contributed by atoms with Crippen LogP contribution in [0.3, 0.4) is 0 Å². The minimum atomic E-state index is -0.328. The number of carbonyl (C=O) groups excluding carboxylic acids is 2. The number of hydrogen-bond acceptors (Lipinski definition) is 6. The number of fused-ring (bicyclic) bond motifs is 2. The van der Waals surface area contributed by atoms with E-state index in [-0.39, 0.29) is 24.2 Å². The van der Waals surface area contributed by atoms with Gasteiger partial charge < -0.3 is 15.5 Å². The molecule has 0 spiro atoms. The van der Waals surface area contributed by atoms with E-state index in [2.05, 4.69) is 25.6 Å². The molecule has 3 rings (SSSR count). The topological polar surface area (TPSA) is 100 Å². The highest BCUT2D eigenvalue weighted by Crippen LogP contribution is 2.09. The van der Waals surface area contributed by atoms with Crippen LogP contribution < -0.4 is 10.6 Å². The molecule has 0 radical (unpaired) electrons. The lowest BCUT2D eigenvalue weighted by atomic mass is 10.1. The number of anilines is 1. The monoisotopic (exact) mass is 354 g/mol. The van der Waals surface area contributed by atoms with Gasteiger partial charge in [0.15, 0.2) is 0 Å². The van der Waals surface area contributed by atoms with E-state index in [1.165, 1.54) is 17.3 Å². The molecule has 1 aliphatic heterocycles. The number of pyridine rings is 1. The van der Waals surface area contributed by atoms with Crippen LogP contribution in [0.2, 0.25) is 0 Å². The summed E-state index contributed by atoms with van der Waals surface area (Å²) in [4.78, 5) is 38.9. The summed E-state index contributed by atoms with van der Waals surface area (Å²) in [5.41, 5.74) is 1.01. The number of rotatable bonds is 1. The maximum atomic E-state index is 12.6. The third-order valence-corrected chi connectivity index (χ3v) is 4.05. The van der Waals surface area contributed by atoms with Gasteiger partial charge in [-0.2, -0.15) is 0 Å². The van der Waals surface area contributed by atoms with E-state index >= 15 is 0 Å². The molecule has 8 nitrogen and oxygen atoms in total. The average molecular weight is 354 g/mol. The summed E-state index contributed by atoms with van der Waals surface area (Å²) in [6.45, 7) is 1.50. The zero-order chi connectivity index (χ0) is 18.2. The molecule has 2 bridgehead atoms. The molecule has 0 saturated heterocycles. The molecule has 2 aromatic rings. The number of nitrogens with one attached hydrogen (secondary N) is 2. The average Bonchev–Trinajstić information content (AvgIpc) is 2.67. The van der Waals surface area contributed by atoms with E-state index in [0.29, 0.717) is 19.6 Å². The lowest BCUT2D eigenvalue weighted by Crippen LogP contribution is -2.43. The highest BCUT2D eigenvalue weighted by molar-refractivity contribution is 5.93. The van der Waals surface area contributed by atoms with Gasteiger partial charge >= 0.3 is 0 Å². The second kappa shape index (κ2) is 8.89. The molecule has 0 unspecified atom stereocenters. The Hall–Kier alpha value is -3.03. The maximum absolute atomic E-state index is 12.6. The summed E-state index contributed by atoms with van der Waals surface area (Å²) in [6, 6.07) is 7.54. The van der Waals surface area contributed by atoms with Crippen molar-refractivity contribution in [3.05, 3.63) is 48.2 Å². The maximum Gasteiger partial charge on any atom is 0.292 e. The van der Waals surface area contributed by atoms with Gasteiger partial charge in [-0.05, 0) is 37.5 Å². The smallest absolute Gasteiger partial charge is 0.292 e. The highest BCUT2D eigenvalue weighted by atomic mass is 16.2. The van der Waals surface area contributed by atoms with Crippen LogP contribution in [-0.2, 0) is 11.2 Å². The number of aryl methyl sites for hydroxylation is 1. The molecule has 0 aliphatic carbocycles. The second-order valence-corrected chi connectivity index (χ2v) is 6.05. The first kappa shape index (κ1) is 17.8. The predicted octanol–water partition coefficient (Wildman–Crippen LogP) is 0.878. The molecule has 0 aromatic carbocycles. The van der Waals surface area contributed by atoms with Crippen molar-refractivity contribution in [3.63, 3.8) is 0 Å². The van der Waals surface area contributed by atoms with E-state index in [1.807, 2.05) is 18.2 Å². The Morgan fingerprint density at radius 3 is 2.69 bits per heavy atom. The SMILES string of the molecule is O=C1CN(C(=O)c2ncccn2)CCCCc2cccc(n2)NCCN1. The molecule has 136 valence electrons. The third kappa shape index (κ3) is 4.98. The number of amides is 2. The van der Waals surface area contributed by atoms with E-state index in [9.17, 15) is 9.59 Å². The fourth-order valence-corrected chi connectivity index (χ4v) is 2.75. The summed E-state index contributed by atoms with van der Waals surface area (Å²) in [5, 5.41) is 6.01. The fourth-order valence-electron chi connectivity index (χ4n) is 2.75. The molecule has 26 heavy (non-hydrogen) atoms. The quantitative estimate of drug-likeness (QED) is 0.788. The number of carbonyl (C=O) groups is 2. The lowest BCUT2D eigenvalue weighted by molar-refractivity contribution is -0.121. The second-order valence-electron chi connectivity index (χ2n) is 6.05. The Morgan fingerprint density at radius 2 is 1.85 bits per heavy atom. The van der Waals surface area contributed by atoms with Crippen molar-refractivity contribution < 1.29 is 9.59 Å². The van der Waals surface area contributed by atoms with Crippen LogP contribution in [-0.4, -0.2) is 57.8 Å². The molecule has 2 amide bonds. The van der Waals surface area contributed by atoms with Crippen LogP contribution in [0.4, 0.5) is 5.82 Å². The zero-order valence-electron chi connectivity index (χ0n) is 14.5. The highest BCUT2D eigenvalue weighted by Gasteiger charge is 2.20. The Labute approximate surface area is 152 Å². The Bertz CT molecular complexity index is 752. The molecule has 8 heteroatoms. The molecule has 2 N–H and O–H groups in total. The number of aromatic nitrogens is 3. The Morgan fingerprint density at radius 1 is 1.04 bits per heavy atom. The van der Waals surface area contributed by atoms with Gasteiger partial charge in [0.05, 0.1) is 6.54 Å². The first-order valence-electron chi connectivity index (χ1n) is 8.75. The molecule has 0 atom stereocenters. The zero-order valence-corrected chi connectivity index (χ0v) is 14.5. The summed E-state index contributed by atoms with van der Waals surface area (Å²) < 4.78 is 0. The predicted molar refractivity (Wildman–Crippen MR) is 96.6 cm³/mol. The van der Waals surface area contributed by atoms with Crippen molar-refractivity contribution in [1.29, 1.82) is 0 Å². The van der Waals surface area contributed by atoms with Crippen molar-refractivity contribution in [2.45, 2.75) is 19.3 Å². The third-order valence-electron chi connectivity index (χ3n) is 4.05. The van der Waals surface area contributed by atoms with Crippen LogP contribution >= 0.6 is 0 Å². The van der Waals surface area contributed by atoms with E-state index in [4.69, 9.17) is 0 Å². The van der Waals surface area contributed by atoms with Gasteiger partial charge in [-0.1, -0.05) is 6.07 Å². The lowest BCUT2D eigenvalue weighted by Gasteiger charge is -2.22. The molecular formula is C18H22N6O2. The molecule has 0 fully saturated rings. The molecule has 2 aromatic heterocycles. The van der Waals surface area contributed by atoms with Gasteiger partial charge in [0, 0.05) is 37.7 Å². The Balaban J connectivity index is 1.70. The van der Waals surface area contributed by atoms with Gasteiger partial charge in [0.2, 0.25) is 11.7 Å². The summed E-state index contributed by atoms with van der Waals surface area (Å²) in [6.07, 6.45) is 5.51. The first-order chi connectivity index (χ1) is 12.7. The number of nitrogens with zero attached hydrogens (tertiary/aromatic N) is 4. The van der Waals surface area contributed by atoms with E-state index in [1.54, 1.807) is 6.07 Å². The Kier molecular flexibility index (Phi) is 6.08. The number of hydrogen-bond donors (Lipinski definition) is 2. The van der Waals surface area contributed by atoms with Gasteiger partial charge in [0.25, 0.3) is 5.91 Å². The van der Waals surface area contributed by atoms with Crippen LogP contribution in [0.15, 0.2) is 36.7 Å². The van der Waals surface area contributed by atoms with Gasteiger partial charge in [-0.3, -0.25) is 9.59 Å². The molecule has 1 aliphatic rings. The first-order valence-corrected chi connectivity index (χ1v) is 8.75. The van der Waals surface area contributed by atoms with Crippen molar-refractivity contribution in [2.24, 2.45) is 0 Å². The summed E-state index contributed by atoms with van der Waals surface area (Å²) in [5.74, 6) is 0.394. The van der Waals surface area contributed by atoms with Gasteiger partial charge in [-0.25, -0.2) is 15.0 Å². The molecule has 3 heterocycles. The summed E-state index contributed by atoms with van der Waals surface area (Å²) in [7, 11) is 0. The van der Waals surface area contributed by atoms with Crippen LogP contribution in [0.5, 0.6) is 0 Å².